The summed E-state index contributed by atoms with van der Waals surface area (Å²) in [6.07, 6.45) is -2.54. The fourth-order valence-electron chi connectivity index (χ4n) is 1.03. The second-order valence-electron chi connectivity index (χ2n) is 2.94. The Morgan fingerprint density at radius 3 is 2.50 bits per heavy atom. The van der Waals surface area contributed by atoms with Crippen molar-refractivity contribution in [2.45, 2.75) is 18.9 Å². The molecular formula is C9H9BrF3N. The van der Waals surface area contributed by atoms with Gasteiger partial charge in [-0.3, -0.25) is 0 Å². The van der Waals surface area contributed by atoms with Crippen LogP contribution in [0.1, 0.15) is 5.56 Å². The Hall–Kier alpha value is -0.550. The third-order valence-electron chi connectivity index (χ3n) is 1.79. The van der Waals surface area contributed by atoms with Crippen LogP contribution in [0.4, 0.5) is 13.2 Å². The topological polar surface area (TPSA) is 26.0 Å². The molecule has 0 amide bonds. The van der Waals surface area contributed by atoms with Crippen LogP contribution in [0.25, 0.3) is 0 Å². The van der Waals surface area contributed by atoms with E-state index in [-0.39, 0.29) is 6.42 Å². The van der Waals surface area contributed by atoms with Crippen LogP contribution in [0, 0.1) is 5.82 Å². The molecule has 0 saturated heterocycles. The van der Waals surface area contributed by atoms with Crippen LogP contribution < -0.4 is 5.73 Å². The zero-order valence-corrected chi connectivity index (χ0v) is 8.77. The molecule has 14 heavy (non-hydrogen) atoms. The highest BCUT2D eigenvalue weighted by Crippen LogP contribution is 2.20. The molecule has 5 heteroatoms. The van der Waals surface area contributed by atoms with Crippen molar-refractivity contribution in [3.63, 3.8) is 0 Å². The minimum absolute atomic E-state index is 0.0263. The lowest BCUT2D eigenvalue weighted by Crippen LogP contribution is -2.31. The molecule has 0 aliphatic carbocycles. The quantitative estimate of drug-likeness (QED) is 0.896. The summed E-state index contributed by atoms with van der Waals surface area (Å²) in [6, 6.07) is 2.68. The number of hydrogen-bond donors (Lipinski definition) is 1. The van der Waals surface area contributed by atoms with Gasteiger partial charge in [0.15, 0.2) is 0 Å². The Balaban J connectivity index is 2.77. The maximum Gasteiger partial charge on any atom is 0.253 e. The van der Waals surface area contributed by atoms with E-state index in [0.717, 1.165) is 0 Å². The first-order valence-electron chi connectivity index (χ1n) is 3.98. The highest BCUT2D eigenvalue weighted by atomic mass is 79.9. The van der Waals surface area contributed by atoms with Gasteiger partial charge in [0, 0.05) is 4.47 Å². The highest BCUT2D eigenvalue weighted by Gasteiger charge is 2.16. The summed E-state index contributed by atoms with van der Waals surface area (Å²) in [5.41, 5.74) is 5.77. The number of alkyl halides is 2. The Morgan fingerprint density at radius 2 is 2.00 bits per heavy atom. The number of hydrogen-bond acceptors (Lipinski definition) is 1. The van der Waals surface area contributed by atoms with E-state index in [1.807, 2.05) is 0 Å². The molecule has 0 aliphatic heterocycles. The van der Waals surface area contributed by atoms with Gasteiger partial charge in [-0.1, -0.05) is 22.0 Å². The molecule has 78 valence electrons. The molecule has 1 rings (SSSR count). The molecule has 1 unspecified atom stereocenters. The van der Waals surface area contributed by atoms with E-state index in [1.165, 1.54) is 18.2 Å². The lowest BCUT2D eigenvalue weighted by atomic mass is 10.1. The molecule has 1 aromatic carbocycles. The van der Waals surface area contributed by atoms with Gasteiger partial charge in [-0.15, -0.1) is 0 Å². The van der Waals surface area contributed by atoms with Crippen molar-refractivity contribution in [3.8, 4) is 0 Å². The zero-order valence-electron chi connectivity index (χ0n) is 7.18. The molecule has 0 spiro atoms. The van der Waals surface area contributed by atoms with E-state index in [1.54, 1.807) is 0 Å². The van der Waals surface area contributed by atoms with Crippen molar-refractivity contribution in [2.24, 2.45) is 5.73 Å². The van der Waals surface area contributed by atoms with E-state index in [2.05, 4.69) is 15.9 Å². The second-order valence-corrected chi connectivity index (χ2v) is 3.79. The summed E-state index contributed by atoms with van der Waals surface area (Å²) < 4.78 is 37.3. The average molecular weight is 268 g/mol. The Kier molecular flexibility index (Phi) is 3.95. The van der Waals surface area contributed by atoms with Crippen LogP contribution in [-0.2, 0) is 6.42 Å². The monoisotopic (exact) mass is 267 g/mol. The van der Waals surface area contributed by atoms with E-state index < -0.39 is 18.3 Å². The molecule has 0 heterocycles. The lowest BCUT2D eigenvalue weighted by Gasteiger charge is -2.11. The van der Waals surface area contributed by atoms with Gasteiger partial charge in [0.05, 0.1) is 6.04 Å². The SMILES string of the molecule is NC(Cc1ccc(F)cc1Br)C(F)F. The molecule has 2 N–H and O–H groups in total. The Bertz CT molecular complexity index is 317. The zero-order chi connectivity index (χ0) is 10.7. The van der Waals surface area contributed by atoms with Gasteiger partial charge in [-0.25, -0.2) is 13.2 Å². The molecule has 0 aromatic heterocycles. The van der Waals surface area contributed by atoms with Crippen LogP contribution in [-0.4, -0.2) is 12.5 Å². The first-order valence-corrected chi connectivity index (χ1v) is 4.77. The minimum Gasteiger partial charge on any atom is -0.323 e. The Labute approximate surface area is 88.2 Å². The molecule has 0 saturated carbocycles. The van der Waals surface area contributed by atoms with Gasteiger partial charge >= 0.3 is 0 Å². The minimum atomic E-state index is -2.56. The van der Waals surface area contributed by atoms with Crippen molar-refractivity contribution in [1.82, 2.24) is 0 Å². The summed E-state index contributed by atoms with van der Waals surface area (Å²) in [6.45, 7) is 0. The first-order chi connectivity index (χ1) is 6.50. The third kappa shape index (κ3) is 2.99. The second kappa shape index (κ2) is 4.79. The average Bonchev–Trinajstić information content (AvgIpc) is 2.09. The van der Waals surface area contributed by atoms with Crippen LogP contribution in [0.15, 0.2) is 22.7 Å². The molecule has 0 fully saturated rings. The van der Waals surface area contributed by atoms with E-state index >= 15 is 0 Å². The number of rotatable bonds is 3. The van der Waals surface area contributed by atoms with Gasteiger partial charge < -0.3 is 5.73 Å². The summed E-state index contributed by atoms with van der Waals surface area (Å²) in [4.78, 5) is 0. The van der Waals surface area contributed by atoms with Crippen molar-refractivity contribution < 1.29 is 13.2 Å². The summed E-state index contributed by atoms with van der Waals surface area (Å²) in [7, 11) is 0. The summed E-state index contributed by atoms with van der Waals surface area (Å²) >= 11 is 3.08. The van der Waals surface area contributed by atoms with E-state index in [9.17, 15) is 13.2 Å². The van der Waals surface area contributed by atoms with Crippen molar-refractivity contribution >= 4 is 15.9 Å². The molecule has 1 nitrogen and oxygen atoms in total. The molecule has 0 bridgehead atoms. The maximum absolute atomic E-state index is 12.6. The summed E-state index contributed by atoms with van der Waals surface area (Å²) in [5.74, 6) is -0.411. The molecule has 0 radical (unpaired) electrons. The van der Waals surface area contributed by atoms with Crippen LogP contribution in [0.3, 0.4) is 0 Å². The van der Waals surface area contributed by atoms with Crippen molar-refractivity contribution in [1.29, 1.82) is 0 Å². The molecule has 1 atom stereocenters. The third-order valence-corrected chi connectivity index (χ3v) is 2.53. The number of nitrogens with two attached hydrogens (primary N) is 1. The van der Waals surface area contributed by atoms with E-state index in [4.69, 9.17) is 5.73 Å². The molecule has 0 aliphatic rings. The fraction of sp³-hybridized carbons (Fsp3) is 0.333. The summed E-state index contributed by atoms with van der Waals surface area (Å²) in [5, 5.41) is 0. The van der Waals surface area contributed by atoms with Gasteiger partial charge in [0.25, 0.3) is 6.43 Å². The van der Waals surface area contributed by atoms with Gasteiger partial charge in [-0.05, 0) is 24.1 Å². The number of benzene rings is 1. The maximum atomic E-state index is 12.6. The number of halogens is 4. The first kappa shape index (κ1) is 11.5. The van der Waals surface area contributed by atoms with Gasteiger partial charge in [0.1, 0.15) is 5.82 Å². The van der Waals surface area contributed by atoms with E-state index in [0.29, 0.717) is 10.0 Å². The van der Waals surface area contributed by atoms with Crippen LogP contribution in [0.5, 0.6) is 0 Å². The predicted molar refractivity (Wildman–Crippen MR) is 51.8 cm³/mol. The van der Waals surface area contributed by atoms with Crippen molar-refractivity contribution in [3.05, 3.63) is 34.1 Å². The van der Waals surface area contributed by atoms with Gasteiger partial charge in [0.2, 0.25) is 0 Å². The molecular weight excluding hydrogens is 259 g/mol. The lowest BCUT2D eigenvalue weighted by molar-refractivity contribution is 0.116. The molecule has 1 aromatic rings. The highest BCUT2D eigenvalue weighted by molar-refractivity contribution is 9.10. The standard InChI is InChI=1S/C9H9BrF3N/c10-7-4-6(11)2-1-5(7)3-8(14)9(12)13/h1-2,4,8-9H,3,14H2. The van der Waals surface area contributed by atoms with Crippen LogP contribution >= 0.6 is 15.9 Å². The smallest absolute Gasteiger partial charge is 0.253 e. The normalized spacial score (nSPS) is 13.3. The van der Waals surface area contributed by atoms with Crippen molar-refractivity contribution in [2.75, 3.05) is 0 Å². The largest absolute Gasteiger partial charge is 0.323 e. The van der Waals surface area contributed by atoms with Crippen LogP contribution in [0.2, 0.25) is 0 Å². The Morgan fingerprint density at radius 1 is 1.36 bits per heavy atom. The van der Waals surface area contributed by atoms with Gasteiger partial charge in [-0.2, -0.15) is 0 Å². The fourth-order valence-corrected chi connectivity index (χ4v) is 1.54. The predicted octanol–water partition coefficient (Wildman–Crippen LogP) is 2.72.